The van der Waals surface area contributed by atoms with Crippen LogP contribution in [-0.4, -0.2) is 47.8 Å². The summed E-state index contributed by atoms with van der Waals surface area (Å²) in [5, 5.41) is 13.6. The van der Waals surface area contributed by atoms with E-state index in [2.05, 4.69) is 19.2 Å². The zero-order chi connectivity index (χ0) is 38.2. The van der Waals surface area contributed by atoms with Gasteiger partial charge >= 0.3 is 7.82 Å². The first-order valence-electron chi connectivity index (χ1n) is 22.3. The Morgan fingerprint density at radius 2 is 0.981 bits per heavy atom. The lowest BCUT2D eigenvalue weighted by molar-refractivity contribution is -0.123. The van der Waals surface area contributed by atoms with E-state index < -0.39 is 20.0 Å². The fourth-order valence-electron chi connectivity index (χ4n) is 6.72. The lowest BCUT2D eigenvalue weighted by atomic mass is 10.0. The molecular formula is C43H87N2O6P. The highest BCUT2D eigenvalue weighted by Crippen LogP contribution is 2.43. The fraction of sp³-hybridized carbons (Fsp3) is 0.930. The summed E-state index contributed by atoms with van der Waals surface area (Å²) in [4.78, 5) is 22.7. The number of aliphatic hydroxyl groups is 1. The normalized spacial score (nSPS) is 14.2. The molecule has 8 nitrogen and oxygen atoms in total. The molecule has 9 heteroatoms. The number of unbranched alkanes of at least 4 members (excludes halogenated alkanes) is 30. The first-order chi connectivity index (χ1) is 25.4. The van der Waals surface area contributed by atoms with Crippen LogP contribution < -0.4 is 11.1 Å². The number of phosphoric ester groups is 1. The maximum Gasteiger partial charge on any atom is 0.472 e. The second-order valence-corrected chi connectivity index (χ2v) is 16.7. The van der Waals surface area contributed by atoms with Gasteiger partial charge in [-0.05, 0) is 19.3 Å². The van der Waals surface area contributed by atoms with E-state index in [0.717, 1.165) is 38.5 Å². The first kappa shape index (κ1) is 51.2. The predicted octanol–water partition coefficient (Wildman–Crippen LogP) is 12.4. The molecule has 0 spiro atoms. The molecule has 310 valence electrons. The number of phosphoric acid groups is 1. The minimum Gasteiger partial charge on any atom is -0.387 e. The van der Waals surface area contributed by atoms with Crippen molar-refractivity contribution in [3.63, 3.8) is 0 Å². The van der Waals surface area contributed by atoms with Gasteiger partial charge in [0.15, 0.2) is 0 Å². The zero-order valence-corrected chi connectivity index (χ0v) is 35.2. The number of hydrogen-bond donors (Lipinski definition) is 4. The van der Waals surface area contributed by atoms with Gasteiger partial charge in [-0.3, -0.25) is 13.8 Å². The van der Waals surface area contributed by atoms with Crippen molar-refractivity contribution in [1.82, 2.24) is 5.32 Å². The van der Waals surface area contributed by atoms with Crippen LogP contribution in [-0.2, 0) is 18.4 Å². The maximum absolute atomic E-state index is 12.7. The average molecular weight is 759 g/mol. The molecule has 3 atom stereocenters. The minimum absolute atomic E-state index is 0.0812. The topological polar surface area (TPSA) is 131 Å². The van der Waals surface area contributed by atoms with Gasteiger partial charge in [-0.25, -0.2) is 4.57 Å². The van der Waals surface area contributed by atoms with Crippen LogP contribution in [0.4, 0.5) is 0 Å². The van der Waals surface area contributed by atoms with E-state index in [0.29, 0.717) is 6.42 Å². The van der Waals surface area contributed by atoms with Crippen LogP contribution in [0.2, 0.25) is 0 Å². The van der Waals surface area contributed by atoms with Crippen molar-refractivity contribution in [3.8, 4) is 0 Å². The second kappa shape index (κ2) is 39.9. The number of amides is 1. The van der Waals surface area contributed by atoms with Crippen molar-refractivity contribution in [1.29, 1.82) is 0 Å². The Bertz CT molecular complexity index is 829. The molecule has 0 bridgehead atoms. The summed E-state index contributed by atoms with van der Waals surface area (Å²) in [5.74, 6) is -0.191. The average Bonchev–Trinajstić information content (AvgIpc) is 3.13. The van der Waals surface area contributed by atoms with Crippen molar-refractivity contribution in [2.75, 3.05) is 19.8 Å². The fourth-order valence-corrected chi connectivity index (χ4v) is 7.48. The van der Waals surface area contributed by atoms with Crippen LogP contribution in [0.25, 0.3) is 0 Å². The van der Waals surface area contributed by atoms with Crippen LogP contribution in [0, 0.1) is 0 Å². The van der Waals surface area contributed by atoms with Crippen molar-refractivity contribution < 1.29 is 28.4 Å². The van der Waals surface area contributed by atoms with E-state index >= 15 is 0 Å². The van der Waals surface area contributed by atoms with Crippen molar-refractivity contribution in [2.24, 2.45) is 5.73 Å². The molecule has 0 aliphatic heterocycles. The van der Waals surface area contributed by atoms with Gasteiger partial charge in [0.2, 0.25) is 5.91 Å². The van der Waals surface area contributed by atoms with Crippen LogP contribution >= 0.6 is 7.82 Å². The summed E-state index contributed by atoms with van der Waals surface area (Å²) in [6.07, 6.45) is 44.1. The van der Waals surface area contributed by atoms with Crippen molar-refractivity contribution in [2.45, 2.75) is 238 Å². The molecule has 0 aliphatic rings. The molecule has 0 fully saturated rings. The van der Waals surface area contributed by atoms with Gasteiger partial charge in [-0.2, -0.15) is 0 Å². The number of nitrogens with one attached hydrogen (secondary N) is 1. The van der Waals surface area contributed by atoms with E-state index in [1.54, 1.807) is 6.08 Å². The number of aliphatic hydroxyl groups excluding tert-OH is 1. The second-order valence-electron chi connectivity index (χ2n) is 15.3. The number of nitrogens with two attached hydrogens (primary N) is 1. The highest BCUT2D eigenvalue weighted by molar-refractivity contribution is 7.47. The lowest BCUT2D eigenvalue weighted by Gasteiger charge is -2.23. The van der Waals surface area contributed by atoms with Crippen LogP contribution in [0.1, 0.15) is 226 Å². The summed E-state index contributed by atoms with van der Waals surface area (Å²) in [6.45, 7) is 4.14. The van der Waals surface area contributed by atoms with Gasteiger partial charge in [-0.15, -0.1) is 0 Å². The standard InChI is InChI=1S/C43H87N2O6P/c1-3-5-7-9-11-13-15-16-17-18-19-20-21-22-23-24-25-27-29-31-33-35-37-43(47)45-41(40-51-52(48,49)50-39-38-44)42(46)36-34-32-30-28-26-14-12-10-8-6-4-2/h34,36,41-42,46H,3-33,35,37-40,44H2,1-2H3,(H,45,47)(H,48,49)/b36-34+/t41-,42+/m0/s1. The third kappa shape index (κ3) is 37.6. The molecule has 1 unspecified atom stereocenters. The largest absolute Gasteiger partial charge is 0.472 e. The highest BCUT2D eigenvalue weighted by Gasteiger charge is 2.26. The molecule has 52 heavy (non-hydrogen) atoms. The van der Waals surface area contributed by atoms with E-state index in [4.69, 9.17) is 14.8 Å². The van der Waals surface area contributed by atoms with E-state index in [1.165, 1.54) is 167 Å². The number of allylic oxidation sites excluding steroid dienone is 1. The van der Waals surface area contributed by atoms with Gasteiger partial charge in [0.25, 0.3) is 0 Å². The Labute approximate surface area is 322 Å². The Balaban J connectivity index is 4.04. The Kier molecular flexibility index (Phi) is 39.3. The Morgan fingerprint density at radius 3 is 1.37 bits per heavy atom. The molecule has 0 aliphatic carbocycles. The number of rotatable bonds is 42. The monoisotopic (exact) mass is 759 g/mol. The van der Waals surface area contributed by atoms with Gasteiger partial charge in [0.1, 0.15) is 0 Å². The smallest absolute Gasteiger partial charge is 0.387 e. The van der Waals surface area contributed by atoms with E-state index in [-0.39, 0.29) is 25.7 Å². The molecule has 0 aromatic rings. The van der Waals surface area contributed by atoms with Crippen LogP contribution in [0.15, 0.2) is 12.2 Å². The summed E-state index contributed by atoms with van der Waals surface area (Å²) >= 11 is 0. The SMILES string of the molecule is CCCCCCCCCCC/C=C/[C@@H](O)[C@H](COP(=O)(O)OCCN)NC(=O)CCCCCCCCCCCCCCCCCCCCCCCC. The summed E-state index contributed by atoms with van der Waals surface area (Å²) < 4.78 is 22.1. The lowest BCUT2D eigenvalue weighted by Crippen LogP contribution is -2.45. The minimum atomic E-state index is -4.33. The maximum atomic E-state index is 12.7. The summed E-state index contributed by atoms with van der Waals surface area (Å²) in [5.41, 5.74) is 5.37. The number of hydrogen-bond acceptors (Lipinski definition) is 6. The first-order valence-corrected chi connectivity index (χ1v) is 23.8. The molecular weight excluding hydrogens is 671 g/mol. The molecule has 1 amide bonds. The molecule has 0 aromatic carbocycles. The van der Waals surface area contributed by atoms with Gasteiger partial charge in [0, 0.05) is 13.0 Å². The number of carbonyl (C=O) groups is 1. The van der Waals surface area contributed by atoms with Crippen LogP contribution in [0.3, 0.4) is 0 Å². The van der Waals surface area contributed by atoms with E-state index in [1.807, 2.05) is 6.08 Å². The molecule has 0 saturated carbocycles. The molecule has 0 saturated heterocycles. The van der Waals surface area contributed by atoms with Gasteiger partial charge < -0.3 is 21.1 Å². The number of carbonyl (C=O) groups excluding carboxylic acids is 1. The molecule has 0 rings (SSSR count). The Morgan fingerprint density at radius 1 is 0.615 bits per heavy atom. The zero-order valence-electron chi connectivity index (χ0n) is 34.3. The van der Waals surface area contributed by atoms with Crippen molar-refractivity contribution in [3.05, 3.63) is 12.2 Å². The van der Waals surface area contributed by atoms with Gasteiger partial charge in [-0.1, -0.05) is 212 Å². The molecule has 0 aromatic heterocycles. The third-order valence-electron chi connectivity index (χ3n) is 10.1. The van der Waals surface area contributed by atoms with E-state index in [9.17, 15) is 19.4 Å². The van der Waals surface area contributed by atoms with Crippen molar-refractivity contribution >= 4 is 13.7 Å². The summed E-state index contributed by atoms with van der Waals surface area (Å²) in [7, 11) is -4.33. The van der Waals surface area contributed by atoms with Crippen LogP contribution in [0.5, 0.6) is 0 Å². The molecule has 0 radical (unpaired) electrons. The highest BCUT2D eigenvalue weighted by atomic mass is 31.2. The third-order valence-corrected chi connectivity index (χ3v) is 11.1. The Hall–Kier alpha value is -0.760. The molecule has 0 heterocycles. The van der Waals surface area contributed by atoms with Gasteiger partial charge in [0.05, 0.1) is 25.4 Å². The predicted molar refractivity (Wildman–Crippen MR) is 222 cm³/mol. The summed E-state index contributed by atoms with van der Waals surface area (Å²) in [6, 6.07) is -0.853. The molecule has 5 N–H and O–H groups in total. The quantitative estimate of drug-likeness (QED) is 0.0277.